The minimum absolute atomic E-state index is 0.0728. The van der Waals surface area contributed by atoms with Crippen LogP contribution in [0, 0.1) is 5.92 Å². The lowest BCUT2D eigenvalue weighted by atomic mass is 9.96. The first kappa shape index (κ1) is 15.1. The number of alkyl halides is 3. The Morgan fingerprint density at radius 1 is 1.40 bits per heavy atom. The van der Waals surface area contributed by atoms with Gasteiger partial charge in [-0.1, -0.05) is 0 Å². The van der Waals surface area contributed by atoms with Crippen molar-refractivity contribution >= 4 is 27.7 Å². The van der Waals surface area contributed by atoms with E-state index in [1.54, 1.807) is 0 Å². The highest BCUT2D eigenvalue weighted by atomic mass is 79.9. The fourth-order valence-electron chi connectivity index (χ4n) is 2.20. The molecule has 1 aromatic heterocycles. The Kier molecular flexibility index (Phi) is 4.22. The summed E-state index contributed by atoms with van der Waals surface area (Å²) in [6.07, 6.45) is -2.87. The molecule has 0 aliphatic carbocycles. The van der Waals surface area contributed by atoms with Crippen LogP contribution in [0.4, 0.5) is 19.0 Å². The highest BCUT2D eigenvalue weighted by Gasteiger charge is 2.41. The van der Waals surface area contributed by atoms with Gasteiger partial charge < -0.3 is 10.6 Å². The van der Waals surface area contributed by atoms with E-state index in [0.29, 0.717) is 4.47 Å². The molecule has 1 aliphatic rings. The SMILES string of the molecule is Nc1ncc(Br)cc1C(=O)N1CCC(C(F)(F)F)CC1. The average Bonchev–Trinajstić information content (AvgIpc) is 2.40. The number of amides is 1. The molecule has 1 aromatic rings. The Balaban J connectivity index is 2.07. The molecule has 8 heteroatoms. The van der Waals surface area contributed by atoms with Crippen molar-refractivity contribution in [2.45, 2.75) is 19.0 Å². The summed E-state index contributed by atoms with van der Waals surface area (Å²) in [5.41, 5.74) is 5.85. The molecule has 20 heavy (non-hydrogen) atoms. The molecular formula is C12H13BrF3N3O. The average molecular weight is 352 g/mol. The van der Waals surface area contributed by atoms with Crippen molar-refractivity contribution in [3.05, 3.63) is 22.3 Å². The van der Waals surface area contributed by atoms with Gasteiger partial charge in [0.1, 0.15) is 5.82 Å². The second kappa shape index (κ2) is 5.59. The number of carbonyl (C=O) groups excluding carboxylic acids is 1. The maximum atomic E-state index is 12.6. The smallest absolute Gasteiger partial charge is 0.383 e. The van der Waals surface area contributed by atoms with E-state index in [-0.39, 0.29) is 43.2 Å². The third-order valence-corrected chi connectivity index (χ3v) is 3.79. The highest BCUT2D eigenvalue weighted by Crippen LogP contribution is 2.34. The minimum Gasteiger partial charge on any atom is -0.383 e. The van der Waals surface area contributed by atoms with E-state index in [9.17, 15) is 18.0 Å². The van der Waals surface area contributed by atoms with Crippen molar-refractivity contribution in [2.24, 2.45) is 5.92 Å². The second-order valence-electron chi connectivity index (χ2n) is 4.69. The quantitative estimate of drug-likeness (QED) is 0.846. The third kappa shape index (κ3) is 3.23. The van der Waals surface area contributed by atoms with Crippen LogP contribution in [-0.4, -0.2) is 35.1 Å². The Morgan fingerprint density at radius 3 is 2.55 bits per heavy atom. The molecule has 1 fully saturated rings. The molecule has 4 nitrogen and oxygen atoms in total. The minimum atomic E-state index is -4.19. The number of pyridine rings is 1. The first-order chi connectivity index (χ1) is 9.29. The fraction of sp³-hybridized carbons (Fsp3) is 0.500. The number of aromatic nitrogens is 1. The summed E-state index contributed by atoms with van der Waals surface area (Å²) in [7, 11) is 0. The molecule has 110 valence electrons. The number of hydrogen-bond acceptors (Lipinski definition) is 3. The van der Waals surface area contributed by atoms with Crippen molar-refractivity contribution in [3.63, 3.8) is 0 Å². The van der Waals surface area contributed by atoms with Gasteiger partial charge in [-0.3, -0.25) is 4.79 Å². The molecule has 0 spiro atoms. The molecule has 2 rings (SSSR count). The van der Waals surface area contributed by atoms with E-state index in [2.05, 4.69) is 20.9 Å². The van der Waals surface area contributed by atoms with Gasteiger partial charge in [-0.25, -0.2) is 4.98 Å². The summed E-state index contributed by atoms with van der Waals surface area (Å²) in [5.74, 6) is -1.63. The van der Waals surface area contributed by atoms with Gasteiger partial charge in [0.15, 0.2) is 0 Å². The number of nitrogens with zero attached hydrogens (tertiary/aromatic N) is 2. The normalized spacial score (nSPS) is 17.3. The summed E-state index contributed by atoms with van der Waals surface area (Å²) in [6.45, 7) is 0.157. The van der Waals surface area contributed by atoms with Gasteiger partial charge in [0.2, 0.25) is 0 Å². The molecule has 1 amide bonds. The second-order valence-corrected chi connectivity index (χ2v) is 5.61. The van der Waals surface area contributed by atoms with Crippen molar-refractivity contribution in [3.8, 4) is 0 Å². The summed E-state index contributed by atoms with van der Waals surface area (Å²) >= 11 is 3.19. The third-order valence-electron chi connectivity index (χ3n) is 3.36. The number of anilines is 1. The van der Waals surface area contributed by atoms with Crippen LogP contribution in [0.3, 0.4) is 0 Å². The Labute approximate surface area is 122 Å². The maximum Gasteiger partial charge on any atom is 0.391 e. The van der Waals surface area contributed by atoms with Gasteiger partial charge in [-0.2, -0.15) is 13.2 Å². The molecule has 0 radical (unpaired) electrons. The standard InChI is InChI=1S/C12H13BrF3N3O/c13-8-5-9(10(17)18-6-8)11(20)19-3-1-7(2-4-19)12(14,15)16/h5-7H,1-4H2,(H2,17,18). The largest absolute Gasteiger partial charge is 0.391 e. The van der Waals surface area contributed by atoms with Crippen molar-refractivity contribution in [1.82, 2.24) is 9.88 Å². The summed E-state index contributed by atoms with van der Waals surface area (Å²) in [6, 6.07) is 1.53. The number of piperidine rings is 1. The van der Waals surface area contributed by atoms with Crippen LogP contribution in [0.15, 0.2) is 16.7 Å². The van der Waals surface area contributed by atoms with Gasteiger partial charge >= 0.3 is 6.18 Å². The maximum absolute atomic E-state index is 12.6. The lowest BCUT2D eigenvalue weighted by Crippen LogP contribution is -2.42. The highest BCUT2D eigenvalue weighted by molar-refractivity contribution is 9.10. The molecule has 0 atom stereocenters. The monoisotopic (exact) mass is 351 g/mol. The van der Waals surface area contributed by atoms with Crippen LogP contribution in [0.1, 0.15) is 23.2 Å². The van der Waals surface area contributed by atoms with E-state index in [0.717, 1.165) is 0 Å². The van der Waals surface area contributed by atoms with Gasteiger partial charge in [0, 0.05) is 23.8 Å². The first-order valence-corrected chi connectivity index (χ1v) is 6.85. The first-order valence-electron chi connectivity index (χ1n) is 6.06. The summed E-state index contributed by atoms with van der Waals surface area (Å²) in [5, 5.41) is 0. The molecule has 0 aromatic carbocycles. The molecular weight excluding hydrogens is 339 g/mol. The van der Waals surface area contributed by atoms with Crippen LogP contribution < -0.4 is 5.73 Å². The summed E-state index contributed by atoms with van der Waals surface area (Å²) in [4.78, 5) is 17.5. The predicted octanol–water partition coefficient (Wildman–Crippen LogP) is 2.84. The molecule has 0 saturated carbocycles. The topological polar surface area (TPSA) is 59.2 Å². The number of hydrogen-bond donors (Lipinski definition) is 1. The number of rotatable bonds is 1. The Morgan fingerprint density at radius 2 is 2.00 bits per heavy atom. The number of halogens is 4. The van der Waals surface area contributed by atoms with Gasteiger partial charge in [0.25, 0.3) is 5.91 Å². The summed E-state index contributed by atoms with van der Waals surface area (Å²) < 4.78 is 38.3. The van der Waals surface area contributed by atoms with Crippen LogP contribution >= 0.6 is 15.9 Å². The van der Waals surface area contributed by atoms with Crippen molar-refractivity contribution < 1.29 is 18.0 Å². The molecule has 1 saturated heterocycles. The van der Waals surface area contributed by atoms with Crippen molar-refractivity contribution in [2.75, 3.05) is 18.8 Å². The van der Waals surface area contributed by atoms with Crippen LogP contribution in [0.25, 0.3) is 0 Å². The number of likely N-dealkylation sites (tertiary alicyclic amines) is 1. The lowest BCUT2D eigenvalue weighted by molar-refractivity contribution is -0.183. The number of nitrogens with two attached hydrogens (primary N) is 1. The molecule has 0 bridgehead atoms. The van der Waals surface area contributed by atoms with E-state index >= 15 is 0 Å². The van der Waals surface area contributed by atoms with E-state index in [1.807, 2.05) is 0 Å². The zero-order valence-corrected chi connectivity index (χ0v) is 12.0. The predicted molar refractivity (Wildman–Crippen MR) is 71.0 cm³/mol. The lowest BCUT2D eigenvalue weighted by Gasteiger charge is -2.33. The van der Waals surface area contributed by atoms with Crippen LogP contribution in [-0.2, 0) is 0 Å². The van der Waals surface area contributed by atoms with Gasteiger partial charge in [-0.15, -0.1) is 0 Å². The zero-order valence-electron chi connectivity index (χ0n) is 10.5. The Hall–Kier alpha value is -1.31. The molecule has 2 heterocycles. The fourth-order valence-corrected chi connectivity index (χ4v) is 2.53. The number of nitrogen functional groups attached to an aromatic ring is 1. The van der Waals surface area contributed by atoms with E-state index in [1.165, 1.54) is 17.2 Å². The molecule has 1 aliphatic heterocycles. The molecule has 2 N–H and O–H groups in total. The van der Waals surface area contributed by atoms with Gasteiger partial charge in [0.05, 0.1) is 11.5 Å². The van der Waals surface area contributed by atoms with E-state index < -0.39 is 12.1 Å². The number of carbonyl (C=O) groups is 1. The van der Waals surface area contributed by atoms with Crippen LogP contribution in [0.2, 0.25) is 0 Å². The zero-order chi connectivity index (χ0) is 14.9. The Bertz CT molecular complexity index is 513. The van der Waals surface area contributed by atoms with Crippen molar-refractivity contribution in [1.29, 1.82) is 0 Å². The molecule has 0 unspecified atom stereocenters. The van der Waals surface area contributed by atoms with Gasteiger partial charge in [-0.05, 0) is 34.8 Å². The van der Waals surface area contributed by atoms with Crippen LogP contribution in [0.5, 0.6) is 0 Å². The van der Waals surface area contributed by atoms with E-state index in [4.69, 9.17) is 5.73 Å².